The number of para-hydroxylation sites is 2. The van der Waals surface area contributed by atoms with Crippen LogP contribution in [0.4, 0.5) is 23.0 Å². The van der Waals surface area contributed by atoms with Crippen molar-refractivity contribution < 1.29 is 0 Å². The van der Waals surface area contributed by atoms with Gasteiger partial charge in [-0.25, -0.2) is 24.3 Å². The lowest BCUT2D eigenvalue weighted by molar-refractivity contribution is 0.958. The molecule has 270 valence electrons. The summed E-state index contributed by atoms with van der Waals surface area (Å²) in [6.45, 7) is 0. The SMILES string of the molecule is c1cncc(-n2cccc2Nc2cccc3ncn(-c4nc5ncnc6nc(-n7cnc8cccc(Nc9cccn9-c9cccnc9)c87)c7ccc4c7n56)c23)c1. The van der Waals surface area contributed by atoms with E-state index in [-0.39, 0.29) is 0 Å². The first-order valence-corrected chi connectivity index (χ1v) is 18.1. The van der Waals surface area contributed by atoms with Gasteiger partial charge in [0.05, 0.1) is 62.7 Å². The minimum absolute atomic E-state index is 0.463. The normalized spacial score (nSPS) is 11.9. The van der Waals surface area contributed by atoms with Crippen molar-refractivity contribution in [2.24, 2.45) is 0 Å². The number of fused-ring (bicyclic) bond motifs is 2. The van der Waals surface area contributed by atoms with Gasteiger partial charge in [-0.05, 0) is 84.9 Å². The molecule has 15 heteroatoms. The summed E-state index contributed by atoms with van der Waals surface area (Å²) >= 11 is 0. The highest BCUT2D eigenvalue weighted by Gasteiger charge is 2.24. The van der Waals surface area contributed by atoms with Crippen molar-refractivity contribution in [2.45, 2.75) is 0 Å². The molecule has 0 saturated carbocycles. The molecule has 0 radical (unpaired) electrons. The number of rotatable bonds is 8. The molecule has 3 aromatic carbocycles. The number of imidazole rings is 2. The predicted octanol–water partition coefficient (Wildman–Crippen LogP) is 7.80. The van der Waals surface area contributed by atoms with Gasteiger partial charge in [-0.2, -0.15) is 9.97 Å². The molecule has 0 bridgehead atoms. The van der Waals surface area contributed by atoms with Gasteiger partial charge in [-0.3, -0.25) is 19.1 Å². The Kier molecular flexibility index (Phi) is 6.53. The third-order valence-electron chi connectivity index (χ3n) is 10.3. The van der Waals surface area contributed by atoms with Gasteiger partial charge in [0.1, 0.15) is 30.6 Å². The van der Waals surface area contributed by atoms with Crippen LogP contribution in [0.5, 0.6) is 0 Å². The Morgan fingerprint density at radius 3 is 1.47 bits per heavy atom. The molecule has 0 atom stereocenters. The van der Waals surface area contributed by atoms with Crippen molar-refractivity contribution in [1.29, 1.82) is 0 Å². The Morgan fingerprint density at radius 2 is 0.982 bits per heavy atom. The summed E-state index contributed by atoms with van der Waals surface area (Å²) < 4.78 is 10.1. The number of benzene rings is 2. The number of pyridine rings is 2. The molecular formula is C42H27N15. The minimum atomic E-state index is 0.463. The van der Waals surface area contributed by atoms with E-state index in [4.69, 9.17) is 19.9 Å². The Balaban J connectivity index is 1.02. The summed E-state index contributed by atoms with van der Waals surface area (Å²) in [6, 6.07) is 32.2. The van der Waals surface area contributed by atoms with E-state index >= 15 is 0 Å². The summed E-state index contributed by atoms with van der Waals surface area (Å²) in [4.78, 5) is 37.8. The van der Waals surface area contributed by atoms with E-state index in [0.717, 1.165) is 72.7 Å². The van der Waals surface area contributed by atoms with Crippen LogP contribution in [0.15, 0.2) is 153 Å². The molecule has 15 nitrogen and oxygen atoms in total. The van der Waals surface area contributed by atoms with Gasteiger partial charge >= 0.3 is 0 Å². The van der Waals surface area contributed by atoms with E-state index in [9.17, 15) is 0 Å². The molecule has 0 aliphatic carbocycles. The van der Waals surface area contributed by atoms with Gasteiger partial charge in [0.25, 0.3) is 0 Å². The minimum Gasteiger partial charge on any atom is -0.340 e. The number of hydrogen-bond donors (Lipinski definition) is 2. The molecular weight excluding hydrogens is 715 g/mol. The fraction of sp³-hybridized carbons (Fsp3) is 0. The molecule has 0 aliphatic heterocycles. The summed E-state index contributed by atoms with van der Waals surface area (Å²) in [5.41, 5.74) is 7.85. The van der Waals surface area contributed by atoms with Crippen LogP contribution in [-0.2, 0) is 0 Å². The van der Waals surface area contributed by atoms with Crippen molar-refractivity contribution in [3.05, 3.63) is 153 Å². The average molecular weight is 742 g/mol. The number of hydrogen-bond acceptors (Lipinski definition) is 10. The first kappa shape index (κ1) is 30.9. The summed E-state index contributed by atoms with van der Waals surface area (Å²) in [5.74, 6) is 4.04. The van der Waals surface area contributed by atoms with Gasteiger partial charge in [-0.15, -0.1) is 0 Å². The number of aromatic nitrogens is 13. The smallest absolute Gasteiger partial charge is 0.240 e. The van der Waals surface area contributed by atoms with E-state index < -0.39 is 0 Å². The van der Waals surface area contributed by atoms with Crippen LogP contribution in [0.1, 0.15) is 0 Å². The lowest BCUT2D eigenvalue weighted by Gasteiger charge is -2.16. The van der Waals surface area contributed by atoms with Crippen LogP contribution < -0.4 is 10.6 Å². The highest BCUT2D eigenvalue weighted by Crippen LogP contribution is 2.37. The molecule has 9 heterocycles. The first-order valence-electron chi connectivity index (χ1n) is 18.1. The van der Waals surface area contributed by atoms with Gasteiger partial charge in [-0.1, -0.05) is 12.1 Å². The maximum Gasteiger partial charge on any atom is 0.240 e. The molecule has 0 fully saturated rings. The second-order valence-corrected chi connectivity index (χ2v) is 13.5. The molecule has 0 aliphatic rings. The maximum atomic E-state index is 5.12. The Bertz CT molecular complexity index is 3210. The summed E-state index contributed by atoms with van der Waals surface area (Å²) in [5, 5.41) is 9.08. The molecule has 12 rings (SSSR count). The third-order valence-corrected chi connectivity index (χ3v) is 10.3. The molecule has 57 heavy (non-hydrogen) atoms. The third kappa shape index (κ3) is 4.72. The fourth-order valence-electron chi connectivity index (χ4n) is 7.78. The monoisotopic (exact) mass is 741 g/mol. The predicted molar refractivity (Wildman–Crippen MR) is 218 cm³/mol. The van der Waals surface area contributed by atoms with Crippen LogP contribution in [0.3, 0.4) is 0 Å². The van der Waals surface area contributed by atoms with Crippen LogP contribution >= 0.6 is 0 Å². The molecule has 0 unspecified atom stereocenters. The van der Waals surface area contributed by atoms with Gasteiger partial charge in [0.15, 0.2) is 11.6 Å². The maximum absolute atomic E-state index is 5.12. The second kappa shape index (κ2) is 12.0. The van der Waals surface area contributed by atoms with E-state index in [1.807, 2.05) is 136 Å². The van der Waals surface area contributed by atoms with E-state index in [1.54, 1.807) is 12.4 Å². The molecule has 9 aromatic heterocycles. The summed E-state index contributed by atoms with van der Waals surface area (Å²) in [6.07, 6.45) is 16.3. The Hall–Kier alpha value is -8.46. The van der Waals surface area contributed by atoms with Crippen LogP contribution in [0, 0.1) is 0 Å². The second-order valence-electron chi connectivity index (χ2n) is 13.5. The van der Waals surface area contributed by atoms with Crippen molar-refractivity contribution in [1.82, 2.24) is 62.5 Å². The molecule has 12 aromatic rings. The van der Waals surface area contributed by atoms with Crippen molar-refractivity contribution in [3.8, 4) is 23.0 Å². The number of nitrogens with zero attached hydrogens (tertiary/aromatic N) is 13. The molecule has 2 N–H and O–H groups in total. The van der Waals surface area contributed by atoms with E-state index in [0.29, 0.717) is 23.2 Å². The summed E-state index contributed by atoms with van der Waals surface area (Å²) in [7, 11) is 0. The number of anilines is 4. The van der Waals surface area contributed by atoms with Crippen molar-refractivity contribution in [2.75, 3.05) is 10.6 Å². The fourth-order valence-corrected chi connectivity index (χ4v) is 7.78. The van der Waals surface area contributed by atoms with Gasteiger partial charge in [0, 0.05) is 35.6 Å². The van der Waals surface area contributed by atoms with Crippen LogP contribution in [0.25, 0.3) is 72.9 Å². The molecule has 0 saturated heterocycles. The van der Waals surface area contributed by atoms with Gasteiger partial charge in [0.2, 0.25) is 11.6 Å². The van der Waals surface area contributed by atoms with Crippen molar-refractivity contribution in [3.63, 3.8) is 0 Å². The largest absolute Gasteiger partial charge is 0.340 e. The highest BCUT2D eigenvalue weighted by atomic mass is 15.3. The van der Waals surface area contributed by atoms with Crippen LogP contribution in [0.2, 0.25) is 0 Å². The Morgan fingerprint density at radius 1 is 0.456 bits per heavy atom. The van der Waals surface area contributed by atoms with E-state index in [2.05, 4.69) is 51.8 Å². The lowest BCUT2D eigenvalue weighted by atomic mass is 10.2. The van der Waals surface area contributed by atoms with Crippen LogP contribution in [-0.4, -0.2) is 62.5 Å². The average Bonchev–Trinajstić information content (AvgIpc) is 4.11. The zero-order chi connectivity index (χ0) is 37.5. The quantitative estimate of drug-likeness (QED) is 0.158. The topological polar surface area (TPSA) is 151 Å². The molecule has 0 amide bonds. The number of nitrogens with one attached hydrogen (secondary N) is 2. The van der Waals surface area contributed by atoms with E-state index in [1.165, 1.54) is 6.33 Å². The highest BCUT2D eigenvalue weighted by molar-refractivity contribution is 6.08. The van der Waals surface area contributed by atoms with Crippen molar-refractivity contribution >= 4 is 72.9 Å². The molecule has 0 spiro atoms. The lowest BCUT2D eigenvalue weighted by Crippen LogP contribution is -2.10. The Labute approximate surface area is 321 Å². The zero-order valence-corrected chi connectivity index (χ0v) is 29.7. The zero-order valence-electron chi connectivity index (χ0n) is 29.7. The van der Waals surface area contributed by atoms with Gasteiger partial charge < -0.3 is 19.8 Å². The standard InChI is InChI=1S/C42H27N15/c1-9-30-37(32(11-1)49-34-13-5-19-53(34)26-7-3-17-43-21-26)55(24-47-30)39-28-15-16-29-36(28)57-41(51-39)45-23-46-42(57)52-40(29)56-25-48-31-10-2-12-33(38(31)56)50-35-14-6-20-54(35)27-8-4-18-44-22-27/h1-25,49-50H. The first-order chi connectivity index (χ1) is 28.3.